The highest BCUT2D eigenvalue weighted by Gasteiger charge is 2.09. The van der Waals surface area contributed by atoms with E-state index in [1.807, 2.05) is 31.3 Å². The maximum atomic E-state index is 5.87. The first-order chi connectivity index (χ1) is 13.2. The number of nitrogens with zero attached hydrogens (tertiary/aromatic N) is 1. The van der Waals surface area contributed by atoms with Crippen LogP contribution in [0.2, 0.25) is 0 Å². The van der Waals surface area contributed by atoms with Crippen LogP contribution >= 0.6 is 24.0 Å². The molecule has 0 saturated carbocycles. The standard InChI is InChI=1S/C24H19NS2/c1-25-16-22(18-9-4-2-5-10-18)24(26)23(17-25)19-11-8-14-21(15-19)27-20-12-6-3-7-13-20/h2-17H,1H3. The third-order valence-corrected chi connectivity index (χ3v) is 5.80. The molecule has 1 nitrogen and oxygen atoms in total. The van der Waals surface area contributed by atoms with Gasteiger partial charge < -0.3 is 4.57 Å². The van der Waals surface area contributed by atoms with Gasteiger partial charge in [-0.15, -0.1) is 0 Å². The second-order valence-electron chi connectivity index (χ2n) is 6.39. The minimum Gasteiger partial charge on any atom is -0.356 e. The van der Waals surface area contributed by atoms with Crippen molar-refractivity contribution in [2.45, 2.75) is 9.79 Å². The van der Waals surface area contributed by atoms with Crippen LogP contribution < -0.4 is 0 Å². The van der Waals surface area contributed by atoms with E-state index in [9.17, 15) is 0 Å². The second-order valence-corrected chi connectivity index (χ2v) is 7.94. The van der Waals surface area contributed by atoms with Gasteiger partial charge in [-0.1, -0.05) is 84.6 Å². The van der Waals surface area contributed by atoms with E-state index in [1.165, 1.54) is 9.79 Å². The Hall–Kier alpha value is -2.62. The number of rotatable bonds is 4. The minimum absolute atomic E-state index is 0.890. The fourth-order valence-electron chi connectivity index (χ4n) is 3.09. The fourth-order valence-corrected chi connectivity index (χ4v) is 4.33. The predicted molar refractivity (Wildman–Crippen MR) is 118 cm³/mol. The van der Waals surface area contributed by atoms with Crippen molar-refractivity contribution in [2.24, 2.45) is 7.05 Å². The van der Waals surface area contributed by atoms with Crippen molar-refractivity contribution in [3.63, 3.8) is 0 Å². The molecule has 132 valence electrons. The average Bonchev–Trinajstić information content (AvgIpc) is 2.71. The number of hydrogen-bond acceptors (Lipinski definition) is 2. The van der Waals surface area contributed by atoms with Gasteiger partial charge in [0, 0.05) is 40.4 Å². The summed E-state index contributed by atoms with van der Waals surface area (Å²) in [7, 11) is 2.05. The quantitative estimate of drug-likeness (QED) is 0.341. The predicted octanol–water partition coefficient (Wildman–Crippen LogP) is 7.24. The highest BCUT2D eigenvalue weighted by Crippen LogP contribution is 2.33. The Labute approximate surface area is 169 Å². The molecule has 1 heterocycles. The third-order valence-electron chi connectivity index (χ3n) is 4.36. The van der Waals surface area contributed by atoms with Crippen LogP contribution in [0.15, 0.2) is 107 Å². The number of benzene rings is 3. The molecular formula is C24H19NS2. The van der Waals surface area contributed by atoms with E-state index in [2.05, 4.69) is 77.6 Å². The highest BCUT2D eigenvalue weighted by molar-refractivity contribution is 7.99. The lowest BCUT2D eigenvalue weighted by molar-refractivity contribution is 0.906. The van der Waals surface area contributed by atoms with Crippen LogP contribution in [0.1, 0.15) is 0 Å². The second kappa shape index (κ2) is 7.95. The molecule has 0 saturated heterocycles. The van der Waals surface area contributed by atoms with Crippen molar-refractivity contribution < 1.29 is 0 Å². The van der Waals surface area contributed by atoms with Crippen molar-refractivity contribution in [1.82, 2.24) is 4.57 Å². The van der Waals surface area contributed by atoms with Gasteiger partial charge in [-0.25, -0.2) is 0 Å². The first kappa shape index (κ1) is 17.8. The number of aromatic nitrogens is 1. The van der Waals surface area contributed by atoms with Gasteiger partial charge in [0.1, 0.15) is 0 Å². The van der Waals surface area contributed by atoms with E-state index in [4.69, 9.17) is 12.2 Å². The zero-order chi connectivity index (χ0) is 18.6. The van der Waals surface area contributed by atoms with Crippen LogP contribution in [0, 0.1) is 4.51 Å². The fraction of sp³-hybridized carbons (Fsp3) is 0.0417. The largest absolute Gasteiger partial charge is 0.356 e. The summed E-state index contributed by atoms with van der Waals surface area (Å²) in [6, 6.07) is 29.4. The Kier molecular flexibility index (Phi) is 5.23. The summed E-state index contributed by atoms with van der Waals surface area (Å²) in [5.41, 5.74) is 4.47. The van der Waals surface area contributed by atoms with Crippen molar-refractivity contribution in [1.29, 1.82) is 0 Å². The number of hydrogen-bond donors (Lipinski definition) is 0. The van der Waals surface area contributed by atoms with Crippen LogP contribution in [0.4, 0.5) is 0 Å². The van der Waals surface area contributed by atoms with Crippen LogP contribution in [0.5, 0.6) is 0 Å². The monoisotopic (exact) mass is 385 g/mol. The maximum Gasteiger partial charge on any atom is 0.0563 e. The Morgan fingerprint density at radius 1 is 0.667 bits per heavy atom. The van der Waals surface area contributed by atoms with E-state index in [1.54, 1.807) is 11.8 Å². The van der Waals surface area contributed by atoms with Gasteiger partial charge in [0.15, 0.2) is 0 Å². The first-order valence-electron chi connectivity index (χ1n) is 8.80. The van der Waals surface area contributed by atoms with E-state index in [0.717, 1.165) is 26.8 Å². The van der Waals surface area contributed by atoms with Gasteiger partial charge >= 0.3 is 0 Å². The molecule has 0 unspecified atom stereocenters. The minimum atomic E-state index is 0.890. The number of pyridine rings is 1. The first-order valence-corrected chi connectivity index (χ1v) is 10.0. The average molecular weight is 386 g/mol. The lowest BCUT2D eigenvalue weighted by Crippen LogP contribution is -1.95. The normalized spacial score (nSPS) is 10.7. The zero-order valence-electron chi connectivity index (χ0n) is 15.0. The van der Waals surface area contributed by atoms with E-state index in [0.29, 0.717) is 0 Å². The van der Waals surface area contributed by atoms with Crippen molar-refractivity contribution in [3.8, 4) is 22.3 Å². The van der Waals surface area contributed by atoms with Crippen LogP contribution in [0.25, 0.3) is 22.3 Å². The summed E-state index contributed by atoms with van der Waals surface area (Å²) in [6.45, 7) is 0. The lowest BCUT2D eigenvalue weighted by Gasteiger charge is -2.12. The van der Waals surface area contributed by atoms with Gasteiger partial charge in [0.05, 0.1) is 4.51 Å². The molecule has 0 atom stereocenters. The van der Waals surface area contributed by atoms with Crippen molar-refractivity contribution >= 4 is 24.0 Å². The molecule has 4 rings (SSSR count). The SMILES string of the molecule is Cn1cc(-c2ccccc2)c(=S)c(-c2cccc(Sc3ccccc3)c2)c1. The topological polar surface area (TPSA) is 4.93 Å². The summed E-state index contributed by atoms with van der Waals surface area (Å²) < 4.78 is 2.98. The molecule has 27 heavy (non-hydrogen) atoms. The number of aryl methyl sites for hydroxylation is 1. The Balaban J connectivity index is 1.77. The molecule has 3 aromatic carbocycles. The Morgan fingerprint density at radius 3 is 1.93 bits per heavy atom. The van der Waals surface area contributed by atoms with Gasteiger partial charge in [-0.2, -0.15) is 0 Å². The van der Waals surface area contributed by atoms with Gasteiger partial charge in [0.2, 0.25) is 0 Å². The molecule has 0 radical (unpaired) electrons. The lowest BCUT2D eigenvalue weighted by atomic mass is 10.0. The van der Waals surface area contributed by atoms with E-state index < -0.39 is 0 Å². The van der Waals surface area contributed by atoms with Crippen molar-refractivity contribution in [2.75, 3.05) is 0 Å². The summed E-state index contributed by atoms with van der Waals surface area (Å²) >= 11 is 7.63. The van der Waals surface area contributed by atoms with Gasteiger partial charge in [-0.3, -0.25) is 0 Å². The summed E-state index contributed by atoms with van der Waals surface area (Å²) in [5, 5.41) is 0. The third kappa shape index (κ3) is 4.05. The van der Waals surface area contributed by atoms with Crippen molar-refractivity contribution in [3.05, 3.63) is 102 Å². The van der Waals surface area contributed by atoms with Gasteiger partial charge in [-0.05, 0) is 35.4 Å². The molecule has 0 bridgehead atoms. The molecule has 4 aromatic rings. The zero-order valence-corrected chi connectivity index (χ0v) is 16.6. The molecule has 0 fully saturated rings. The van der Waals surface area contributed by atoms with Crippen LogP contribution in [-0.4, -0.2) is 4.57 Å². The van der Waals surface area contributed by atoms with Crippen LogP contribution in [-0.2, 0) is 7.05 Å². The van der Waals surface area contributed by atoms with E-state index >= 15 is 0 Å². The summed E-state index contributed by atoms with van der Waals surface area (Å²) in [5.74, 6) is 0. The molecule has 0 spiro atoms. The molecular weight excluding hydrogens is 366 g/mol. The van der Waals surface area contributed by atoms with Crippen LogP contribution in [0.3, 0.4) is 0 Å². The molecule has 0 aliphatic rings. The molecule has 3 heteroatoms. The Morgan fingerprint density at radius 2 is 1.22 bits per heavy atom. The molecule has 0 amide bonds. The van der Waals surface area contributed by atoms with E-state index in [-0.39, 0.29) is 0 Å². The summed E-state index contributed by atoms with van der Waals surface area (Å²) in [6.07, 6.45) is 4.21. The molecule has 0 aliphatic heterocycles. The molecule has 0 aliphatic carbocycles. The Bertz CT molecular complexity index is 1120. The molecule has 1 aromatic heterocycles. The smallest absolute Gasteiger partial charge is 0.0563 e. The van der Waals surface area contributed by atoms with Gasteiger partial charge in [0.25, 0.3) is 0 Å². The highest BCUT2D eigenvalue weighted by atomic mass is 32.2. The summed E-state index contributed by atoms with van der Waals surface area (Å²) in [4.78, 5) is 2.44. The maximum absolute atomic E-state index is 5.87. The molecule has 0 N–H and O–H groups in total.